The molecule has 2 heterocycles. The van der Waals surface area contributed by atoms with Crippen LogP contribution in [0.4, 0.5) is 0 Å². The molecule has 0 aliphatic carbocycles. The van der Waals surface area contributed by atoms with Crippen molar-refractivity contribution in [1.29, 1.82) is 0 Å². The van der Waals surface area contributed by atoms with E-state index < -0.39 is 0 Å². The molecule has 1 amide bonds. The molecule has 0 radical (unpaired) electrons. The van der Waals surface area contributed by atoms with Gasteiger partial charge in [0.1, 0.15) is 0 Å². The van der Waals surface area contributed by atoms with Crippen molar-refractivity contribution in [3.05, 3.63) is 29.6 Å². The van der Waals surface area contributed by atoms with Crippen LogP contribution in [-0.2, 0) is 11.3 Å². The van der Waals surface area contributed by atoms with Gasteiger partial charge in [-0.15, -0.1) is 0 Å². The van der Waals surface area contributed by atoms with E-state index >= 15 is 0 Å². The molecule has 6 nitrogen and oxygen atoms in total. The van der Waals surface area contributed by atoms with Crippen LogP contribution < -0.4 is 11.1 Å². The molecule has 0 aromatic carbocycles. The first-order valence-electron chi connectivity index (χ1n) is 7.03. The van der Waals surface area contributed by atoms with Gasteiger partial charge in [-0.05, 0) is 25.1 Å². The van der Waals surface area contributed by atoms with E-state index in [1.54, 1.807) is 18.3 Å². The minimum Gasteiger partial charge on any atom is -0.379 e. The van der Waals surface area contributed by atoms with Crippen LogP contribution in [-0.4, -0.2) is 55.2 Å². The minimum absolute atomic E-state index is 0.0657. The van der Waals surface area contributed by atoms with E-state index in [0.29, 0.717) is 18.7 Å². The van der Waals surface area contributed by atoms with Crippen LogP contribution in [0, 0.1) is 0 Å². The molecular formula is C14H22N4O2. The molecule has 1 saturated heterocycles. The van der Waals surface area contributed by atoms with Gasteiger partial charge in [-0.3, -0.25) is 14.7 Å². The summed E-state index contributed by atoms with van der Waals surface area (Å²) >= 11 is 0. The molecule has 2 rings (SSSR count). The van der Waals surface area contributed by atoms with Crippen molar-refractivity contribution >= 4 is 5.91 Å². The Labute approximate surface area is 119 Å². The number of aromatic nitrogens is 1. The Kier molecular flexibility index (Phi) is 5.91. The SMILES string of the molecule is NCc1cc(C(=O)NCCCN2CCOCC2)ccn1. The predicted octanol–water partition coefficient (Wildman–Crippen LogP) is -0.00760. The van der Waals surface area contributed by atoms with Gasteiger partial charge in [-0.25, -0.2) is 0 Å². The highest BCUT2D eigenvalue weighted by Crippen LogP contribution is 2.01. The number of nitrogens with zero attached hydrogens (tertiary/aromatic N) is 2. The van der Waals surface area contributed by atoms with Crippen LogP contribution >= 0.6 is 0 Å². The number of rotatable bonds is 6. The number of hydrogen-bond donors (Lipinski definition) is 2. The highest BCUT2D eigenvalue weighted by Gasteiger charge is 2.10. The van der Waals surface area contributed by atoms with E-state index in [2.05, 4.69) is 15.2 Å². The lowest BCUT2D eigenvalue weighted by molar-refractivity contribution is 0.0374. The molecule has 0 saturated carbocycles. The van der Waals surface area contributed by atoms with E-state index in [-0.39, 0.29) is 5.91 Å². The maximum atomic E-state index is 12.0. The van der Waals surface area contributed by atoms with Gasteiger partial charge in [-0.2, -0.15) is 0 Å². The highest BCUT2D eigenvalue weighted by atomic mass is 16.5. The number of amides is 1. The summed E-state index contributed by atoms with van der Waals surface area (Å²) in [7, 11) is 0. The van der Waals surface area contributed by atoms with Crippen molar-refractivity contribution in [3.8, 4) is 0 Å². The lowest BCUT2D eigenvalue weighted by Gasteiger charge is -2.26. The quantitative estimate of drug-likeness (QED) is 0.716. The van der Waals surface area contributed by atoms with Crippen LogP contribution in [0.25, 0.3) is 0 Å². The minimum atomic E-state index is -0.0657. The third-order valence-corrected chi connectivity index (χ3v) is 3.33. The number of ether oxygens (including phenoxy) is 1. The summed E-state index contributed by atoms with van der Waals surface area (Å²) in [6, 6.07) is 3.44. The topological polar surface area (TPSA) is 80.5 Å². The molecule has 1 fully saturated rings. The molecule has 1 aromatic heterocycles. The fraction of sp³-hybridized carbons (Fsp3) is 0.571. The molecule has 3 N–H and O–H groups in total. The Balaban J connectivity index is 1.69. The first kappa shape index (κ1) is 14.9. The first-order valence-corrected chi connectivity index (χ1v) is 7.03. The zero-order valence-corrected chi connectivity index (χ0v) is 11.7. The summed E-state index contributed by atoms with van der Waals surface area (Å²) in [5, 5.41) is 2.92. The molecule has 6 heteroatoms. The number of carbonyl (C=O) groups is 1. The first-order chi connectivity index (χ1) is 9.79. The Morgan fingerprint density at radius 1 is 1.45 bits per heavy atom. The van der Waals surface area contributed by atoms with E-state index in [4.69, 9.17) is 10.5 Å². The van der Waals surface area contributed by atoms with Crippen LogP contribution in [0.3, 0.4) is 0 Å². The largest absolute Gasteiger partial charge is 0.379 e. The van der Waals surface area contributed by atoms with Crippen LogP contribution in [0.2, 0.25) is 0 Å². The van der Waals surface area contributed by atoms with E-state index in [1.165, 1.54) is 0 Å². The fourth-order valence-electron chi connectivity index (χ4n) is 2.16. The van der Waals surface area contributed by atoms with Crippen LogP contribution in [0.15, 0.2) is 18.3 Å². The molecule has 0 unspecified atom stereocenters. The Bertz CT molecular complexity index is 433. The lowest BCUT2D eigenvalue weighted by atomic mass is 10.2. The summed E-state index contributed by atoms with van der Waals surface area (Å²) in [5.74, 6) is -0.0657. The van der Waals surface area contributed by atoms with Crippen LogP contribution in [0.1, 0.15) is 22.5 Å². The Morgan fingerprint density at radius 2 is 2.25 bits per heavy atom. The number of nitrogens with one attached hydrogen (secondary N) is 1. The summed E-state index contributed by atoms with van der Waals surface area (Å²) in [6.45, 7) is 5.61. The van der Waals surface area contributed by atoms with Crippen molar-refractivity contribution in [3.63, 3.8) is 0 Å². The smallest absolute Gasteiger partial charge is 0.251 e. The van der Waals surface area contributed by atoms with Gasteiger partial charge in [-0.1, -0.05) is 0 Å². The molecule has 1 aliphatic heterocycles. The Morgan fingerprint density at radius 3 is 3.00 bits per heavy atom. The zero-order valence-electron chi connectivity index (χ0n) is 11.7. The number of hydrogen-bond acceptors (Lipinski definition) is 5. The number of morpholine rings is 1. The van der Waals surface area contributed by atoms with E-state index in [9.17, 15) is 4.79 Å². The molecule has 20 heavy (non-hydrogen) atoms. The van der Waals surface area contributed by atoms with Crippen LogP contribution in [0.5, 0.6) is 0 Å². The number of carbonyl (C=O) groups excluding carboxylic acids is 1. The molecule has 1 aliphatic rings. The second kappa shape index (κ2) is 7.94. The lowest BCUT2D eigenvalue weighted by Crippen LogP contribution is -2.38. The van der Waals surface area contributed by atoms with E-state index in [1.807, 2.05) is 0 Å². The van der Waals surface area contributed by atoms with Gasteiger partial charge in [0.15, 0.2) is 0 Å². The van der Waals surface area contributed by atoms with Gasteiger partial charge in [0.25, 0.3) is 5.91 Å². The van der Waals surface area contributed by atoms with Crippen molar-refractivity contribution in [2.45, 2.75) is 13.0 Å². The van der Waals surface area contributed by atoms with Crippen molar-refractivity contribution in [2.75, 3.05) is 39.4 Å². The molecule has 0 spiro atoms. The fourth-order valence-corrected chi connectivity index (χ4v) is 2.16. The van der Waals surface area contributed by atoms with Gasteiger partial charge in [0, 0.05) is 37.9 Å². The highest BCUT2D eigenvalue weighted by molar-refractivity contribution is 5.94. The third kappa shape index (κ3) is 4.56. The van der Waals surface area contributed by atoms with Gasteiger partial charge >= 0.3 is 0 Å². The second-order valence-corrected chi connectivity index (χ2v) is 4.80. The van der Waals surface area contributed by atoms with Gasteiger partial charge in [0.2, 0.25) is 0 Å². The van der Waals surface area contributed by atoms with Crippen molar-refractivity contribution < 1.29 is 9.53 Å². The summed E-state index contributed by atoms with van der Waals surface area (Å²) in [4.78, 5) is 18.4. The Hall–Kier alpha value is -1.50. The van der Waals surface area contributed by atoms with E-state index in [0.717, 1.165) is 45.0 Å². The zero-order chi connectivity index (χ0) is 14.2. The average Bonchev–Trinajstić information content (AvgIpc) is 2.52. The third-order valence-electron chi connectivity index (χ3n) is 3.33. The maximum absolute atomic E-state index is 12.0. The number of pyridine rings is 1. The summed E-state index contributed by atoms with van der Waals surface area (Å²) < 4.78 is 5.30. The summed E-state index contributed by atoms with van der Waals surface area (Å²) in [5.41, 5.74) is 6.86. The molecule has 110 valence electrons. The van der Waals surface area contributed by atoms with Gasteiger partial charge < -0.3 is 15.8 Å². The second-order valence-electron chi connectivity index (χ2n) is 4.80. The summed E-state index contributed by atoms with van der Waals surface area (Å²) in [6.07, 6.45) is 2.56. The molecule has 0 atom stereocenters. The maximum Gasteiger partial charge on any atom is 0.251 e. The predicted molar refractivity (Wildman–Crippen MR) is 76.3 cm³/mol. The molecular weight excluding hydrogens is 256 g/mol. The monoisotopic (exact) mass is 278 g/mol. The number of nitrogens with two attached hydrogens (primary N) is 1. The normalized spacial score (nSPS) is 16.1. The average molecular weight is 278 g/mol. The van der Waals surface area contributed by atoms with Crippen molar-refractivity contribution in [2.24, 2.45) is 5.73 Å². The molecule has 0 bridgehead atoms. The van der Waals surface area contributed by atoms with Crippen molar-refractivity contribution in [1.82, 2.24) is 15.2 Å². The standard InChI is InChI=1S/C14H22N4O2/c15-11-13-10-12(2-4-16-13)14(19)17-3-1-5-18-6-8-20-9-7-18/h2,4,10H,1,3,5-9,11,15H2,(H,17,19). The molecule has 1 aromatic rings. The van der Waals surface area contributed by atoms with Gasteiger partial charge in [0.05, 0.1) is 18.9 Å².